The number of benzene rings is 1. The molecule has 0 heterocycles. The zero-order valence-corrected chi connectivity index (χ0v) is 8.76. The Bertz CT molecular complexity index is 404. The van der Waals surface area contributed by atoms with Gasteiger partial charge in [0.15, 0.2) is 0 Å². The second-order valence-corrected chi connectivity index (χ2v) is 4.71. The number of hydrogen-bond acceptors (Lipinski definition) is 2. The Balaban J connectivity index is 3.47. The molecule has 66 valence electrons. The quantitative estimate of drug-likeness (QED) is 0.789. The lowest BCUT2D eigenvalue weighted by Crippen LogP contribution is -2.14. The molecule has 1 aromatic carbocycles. The summed E-state index contributed by atoms with van der Waals surface area (Å²) in [6.07, 6.45) is 0. The van der Waals surface area contributed by atoms with E-state index in [1.165, 1.54) is 18.2 Å². The largest absolute Gasteiger partial charge is 0.239 e. The Hall–Kier alpha value is -0.210. The van der Waals surface area contributed by atoms with E-state index in [1.807, 2.05) is 0 Å². The molecule has 0 saturated heterocycles. The molecule has 0 aromatic heterocycles. The molecule has 0 amide bonds. The van der Waals surface area contributed by atoms with E-state index in [1.54, 1.807) is 22.6 Å². The van der Waals surface area contributed by atoms with Crippen LogP contribution in [-0.4, -0.2) is 8.42 Å². The fraction of sp³-hybridized carbons (Fsp3) is 0. The average Bonchev–Trinajstić information content (AvgIpc) is 1.92. The summed E-state index contributed by atoms with van der Waals surface area (Å²) in [6, 6.07) is 3.74. The van der Waals surface area contributed by atoms with Crippen molar-refractivity contribution in [2.75, 3.05) is 0 Å². The van der Waals surface area contributed by atoms with Crippen LogP contribution in [0.3, 0.4) is 0 Å². The van der Waals surface area contributed by atoms with Crippen LogP contribution in [0.1, 0.15) is 0 Å². The normalized spacial score (nSPS) is 11.6. The maximum atomic E-state index is 12.8. The summed E-state index contributed by atoms with van der Waals surface area (Å²) >= 11 is 1.60. The van der Waals surface area contributed by atoms with E-state index in [-0.39, 0.29) is 8.47 Å². The molecule has 1 aromatic rings. The van der Waals surface area contributed by atoms with Crippen LogP contribution in [0.15, 0.2) is 23.1 Å². The Labute approximate surface area is 83.0 Å². The molecule has 6 heteroatoms. The van der Waals surface area contributed by atoms with Gasteiger partial charge in [-0.25, -0.2) is 17.9 Å². The van der Waals surface area contributed by atoms with Crippen LogP contribution < -0.4 is 5.14 Å². The minimum atomic E-state index is -3.80. The number of halogens is 2. The zero-order valence-electron chi connectivity index (χ0n) is 5.79. The molecule has 0 fully saturated rings. The molecular formula is C6H5FINO2S. The van der Waals surface area contributed by atoms with E-state index < -0.39 is 15.8 Å². The molecule has 0 atom stereocenters. The van der Waals surface area contributed by atoms with Gasteiger partial charge in [-0.3, -0.25) is 0 Å². The van der Waals surface area contributed by atoms with Crippen LogP contribution in [0.2, 0.25) is 0 Å². The highest BCUT2D eigenvalue weighted by Crippen LogP contribution is 2.18. The first-order chi connectivity index (χ1) is 5.43. The minimum Gasteiger partial charge on any atom is -0.225 e. The fourth-order valence-electron chi connectivity index (χ4n) is 0.704. The van der Waals surface area contributed by atoms with Gasteiger partial charge in [0.2, 0.25) is 10.0 Å². The molecule has 0 bridgehead atoms. The van der Waals surface area contributed by atoms with Gasteiger partial charge in [0.25, 0.3) is 0 Å². The molecule has 12 heavy (non-hydrogen) atoms. The van der Waals surface area contributed by atoms with E-state index >= 15 is 0 Å². The summed E-state index contributed by atoms with van der Waals surface area (Å²) in [6.45, 7) is 0. The van der Waals surface area contributed by atoms with Gasteiger partial charge >= 0.3 is 0 Å². The van der Waals surface area contributed by atoms with Crippen molar-refractivity contribution >= 4 is 32.6 Å². The zero-order chi connectivity index (χ0) is 9.35. The van der Waals surface area contributed by atoms with Gasteiger partial charge < -0.3 is 0 Å². The number of hydrogen-bond donors (Lipinski definition) is 1. The predicted molar refractivity (Wildman–Crippen MR) is 50.5 cm³/mol. The van der Waals surface area contributed by atoms with Gasteiger partial charge in [0.05, 0.1) is 8.47 Å². The lowest BCUT2D eigenvalue weighted by Gasteiger charge is -2.00. The molecule has 0 spiro atoms. The minimum absolute atomic E-state index is 0.0256. The van der Waals surface area contributed by atoms with Crippen molar-refractivity contribution in [2.45, 2.75) is 4.90 Å². The van der Waals surface area contributed by atoms with Gasteiger partial charge in [0.1, 0.15) is 5.82 Å². The summed E-state index contributed by atoms with van der Waals surface area (Å²) in [5.41, 5.74) is 0. The van der Waals surface area contributed by atoms with E-state index in [0.717, 1.165) is 0 Å². The molecule has 0 saturated carbocycles. The van der Waals surface area contributed by atoms with Crippen molar-refractivity contribution < 1.29 is 12.8 Å². The maximum Gasteiger partial charge on any atom is 0.239 e. The predicted octanol–water partition coefficient (Wildman–Crippen LogP) is 1.08. The van der Waals surface area contributed by atoms with Gasteiger partial charge in [-0.1, -0.05) is 6.07 Å². The highest BCUT2D eigenvalue weighted by molar-refractivity contribution is 14.1. The van der Waals surface area contributed by atoms with Crippen molar-refractivity contribution in [3.05, 3.63) is 27.6 Å². The molecule has 3 nitrogen and oxygen atoms in total. The molecule has 2 N–H and O–H groups in total. The molecule has 0 aliphatic rings. The molecule has 0 aliphatic heterocycles. The third kappa shape index (κ3) is 1.93. The lowest BCUT2D eigenvalue weighted by atomic mass is 10.3. The SMILES string of the molecule is NS(=O)(=O)c1cccc(F)c1I. The monoisotopic (exact) mass is 301 g/mol. The second-order valence-electron chi connectivity index (χ2n) is 2.10. The van der Waals surface area contributed by atoms with Crippen LogP contribution in [0.5, 0.6) is 0 Å². The summed E-state index contributed by atoms with van der Waals surface area (Å²) < 4.78 is 34.4. The first-order valence-electron chi connectivity index (χ1n) is 2.90. The smallest absolute Gasteiger partial charge is 0.225 e. The van der Waals surface area contributed by atoms with Crippen molar-refractivity contribution in [1.29, 1.82) is 0 Å². The lowest BCUT2D eigenvalue weighted by molar-refractivity contribution is 0.589. The van der Waals surface area contributed by atoms with Crippen LogP contribution in [0.25, 0.3) is 0 Å². The first kappa shape index (κ1) is 9.87. The standard InChI is InChI=1S/C6H5FINO2S/c7-4-2-1-3-5(6(4)8)12(9,10)11/h1-3H,(H2,9,10,11). The van der Waals surface area contributed by atoms with Crippen molar-refractivity contribution in [1.82, 2.24) is 0 Å². The van der Waals surface area contributed by atoms with Crippen molar-refractivity contribution in [3.63, 3.8) is 0 Å². The van der Waals surface area contributed by atoms with Crippen LogP contribution in [0.4, 0.5) is 4.39 Å². The van der Waals surface area contributed by atoms with E-state index in [0.29, 0.717) is 0 Å². The third-order valence-electron chi connectivity index (χ3n) is 1.22. The van der Waals surface area contributed by atoms with E-state index in [9.17, 15) is 12.8 Å². The second kappa shape index (κ2) is 3.27. The molecule has 0 radical (unpaired) electrons. The highest BCUT2D eigenvalue weighted by Gasteiger charge is 2.14. The van der Waals surface area contributed by atoms with Gasteiger partial charge in [-0.05, 0) is 34.7 Å². The Kier molecular flexibility index (Phi) is 2.69. The maximum absolute atomic E-state index is 12.8. The molecular weight excluding hydrogens is 296 g/mol. The van der Waals surface area contributed by atoms with Gasteiger partial charge in [-0.2, -0.15) is 0 Å². The third-order valence-corrected chi connectivity index (χ3v) is 3.64. The Morgan fingerprint density at radius 1 is 1.42 bits per heavy atom. The summed E-state index contributed by atoms with van der Waals surface area (Å²) in [5, 5.41) is 4.83. The number of rotatable bonds is 1. The average molecular weight is 301 g/mol. The van der Waals surface area contributed by atoms with Crippen molar-refractivity contribution in [2.24, 2.45) is 5.14 Å². The fourth-order valence-corrected chi connectivity index (χ4v) is 2.60. The number of sulfonamides is 1. The molecule has 1 rings (SSSR count). The van der Waals surface area contributed by atoms with E-state index in [2.05, 4.69) is 0 Å². The summed E-state index contributed by atoms with van der Waals surface area (Å²) in [7, 11) is -3.80. The van der Waals surface area contributed by atoms with Crippen LogP contribution in [-0.2, 0) is 10.0 Å². The molecule has 0 unspecified atom stereocenters. The molecule has 0 aliphatic carbocycles. The van der Waals surface area contributed by atoms with Gasteiger partial charge in [-0.15, -0.1) is 0 Å². The number of primary sulfonamides is 1. The Morgan fingerprint density at radius 3 is 2.42 bits per heavy atom. The first-order valence-corrected chi connectivity index (χ1v) is 5.52. The van der Waals surface area contributed by atoms with Crippen LogP contribution in [0, 0.1) is 9.39 Å². The topological polar surface area (TPSA) is 60.2 Å². The number of nitrogens with two attached hydrogens (primary N) is 1. The van der Waals surface area contributed by atoms with Gasteiger partial charge in [0, 0.05) is 0 Å². The highest BCUT2D eigenvalue weighted by atomic mass is 127. The van der Waals surface area contributed by atoms with Crippen molar-refractivity contribution in [3.8, 4) is 0 Å². The van der Waals surface area contributed by atoms with E-state index in [4.69, 9.17) is 5.14 Å². The summed E-state index contributed by atoms with van der Waals surface area (Å²) in [5.74, 6) is -0.581. The Morgan fingerprint density at radius 2 is 2.00 bits per heavy atom. The van der Waals surface area contributed by atoms with Crippen LogP contribution >= 0.6 is 22.6 Å². The summed E-state index contributed by atoms with van der Waals surface area (Å²) in [4.78, 5) is -0.178.